The minimum Gasteiger partial charge on any atom is -0.465 e. The predicted octanol–water partition coefficient (Wildman–Crippen LogP) is 3.94. The van der Waals surface area contributed by atoms with Crippen LogP contribution in [0.25, 0.3) is 0 Å². The molecule has 0 saturated heterocycles. The summed E-state index contributed by atoms with van der Waals surface area (Å²) >= 11 is 0. The van der Waals surface area contributed by atoms with E-state index in [1.807, 2.05) is 0 Å². The van der Waals surface area contributed by atoms with Crippen LogP contribution < -0.4 is 5.43 Å². The van der Waals surface area contributed by atoms with Crippen molar-refractivity contribution in [3.63, 3.8) is 0 Å². The third-order valence-corrected chi connectivity index (χ3v) is 2.96. The molecule has 0 atom stereocenters. The van der Waals surface area contributed by atoms with Gasteiger partial charge in [0.1, 0.15) is 0 Å². The van der Waals surface area contributed by atoms with E-state index >= 15 is 0 Å². The van der Waals surface area contributed by atoms with Crippen molar-refractivity contribution in [1.82, 2.24) is 0 Å². The third kappa shape index (κ3) is 4.32. The number of carbonyl (C=O) groups is 1. The zero-order valence-electron chi connectivity index (χ0n) is 12.1. The number of para-hydroxylation sites is 1. The van der Waals surface area contributed by atoms with Gasteiger partial charge in [-0.25, -0.2) is 4.79 Å². The lowest BCUT2D eigenvalue weighted by molar-refractivity contribution is -0.136. The van der Waals surface area contributed by atoms with Gasteiger partial charge in [-0.3, -0.25) is 5.43 Å². The molecule has 2 rings (SSSR count). The Morgan fingerprint density at radius 2 is 1.78 bits per heavy atom. The van der Waals surface area contributed by atoms with E-state index in [-0.39, 0.29) is 5.69 Å². The van der Waals surface area contributed by atoms with Gasteiger partial charge in [0.15, 0.2) is 0 Å². The van der Waals surface area contributed by atoms with Crippen LogP contribution in [0, 0.1) is 0 Å². The monoisotopic (exact) mass is 322 g/mol. The molecule has 1 N–H and O–H groups in total. The zero-order valence-corrected chi connectivity index (χ0v) is 12.1. The number of hydrazone groups is 1. The van der Waals surface area contributed by atoms with Crippen molar-refractivity contribution in [1.29, 1.82) is 0 Å². The van der Waals surface area contributed by atoms with E-state index in [4.69, 9.17) is 0 Å². The number of rotatable bonds is 4. The lowest BCUT2D eigenvalue weighted by Crippen LogP contribution is -2.08. The molecule has 0 unspecified atom stereocenters. The third-order valence-electron chi connectivity index (χ3n) is 2.96. The van der Waals surface area contributed by atoms with Crippen molar-refractivity contribution in [3.05, 3.63) is 65.2 Å². The maximum absolute atomic E-state index is 12.8. The Morgan fingerprint density at radius 3 is 2.39 bits per heavy atom. The van der Waals surface area contributed by atoms with Crippen LogP contribution in [0.3, 0.4) is 0 Å². The van der Waals surface area contributed by atoms with Gasteiger partial charge in [0.2, 0.25) is 0 Å². The van der Waals surface area contributed by atoms with Crippen molar-refractivity contribution >= 4 is 17.9 Å². The van der Waals surface area contributed by atoms with E-state index in [1.54, 1.807) is 12.1 Å². The highest BCUT2D eigenvalue weighted by Crippen LogP contribution is 2.34. The second kappa shape index (κ2) is 6.95. The minimum atomic E-state index is -4.46. The molecule has 0 aliphatic rings. The summed E-state index contributed by atoms with van der Waals surface area (Å²) in [5.74, 6) is -0.467. The average molecular weight is 322 g/mol. The van der Waals surface area contributed by atoms with Crippen LogP contribution in [0.4, 0.5) is 18.9 Å². The van der Waals surface area contributed by atoms with Gasteiger partial charge in [-0.05, 0) is 29.8 Å². The van der Waals surface area contributed by atoms with Crippen LogP contribution in [0.1, 0.15) is 21.5 Å². The molecule has 0 saturated carbocycles. The summed E-state index contributed by atoms with van der Waals surface area (Å²) in [6.07, 6.45) is -3.10. The predicted molar refractivity (Wildman–Crippen MR) is 80.4 cm³/mol. The Kier molecular flexibility index (Phi) is 5.00. The lowest BCUT2D eigenvalue weighted by Gasteiger charge is -2.11. The largest absolute Gasteiger partial charge is 0.465 e. The normalized spacial score (nSPS) is 11.5. The first-order chi connectivity index (χ1) is 10.9. The fraction of sp³-hybridized carbons (Fsp3) is 0.125. The minimum absolute atomic E-state index is 0.137. The highest BCUT2D eigenvalue weighted by molar-refractivity contribution is 5.90. The van der Waals surface area contributed by atoms with Crippen LogP contribution >= 0.6 is 0 Å². The van der Waals surface area contributed by atoms with E-state index in [0.717, 1.165) is 6.07 Å². The van der Waals surface area contributed by atoms with E-state index in [1.165, 1.54) is 43.7 Å². The number of halogens is 3. The number of nitrogens with zero attached hydrogens (tertiary/aromatic N) is 1. The number of benzene rings is 2. The summed E-state index contributed by atoms with van der Waals surface area (Å²) in [7, 11) is 1.28. The SMILES string of the molecule is COC(=O)c1ccc(C=NNc2ccccc2C(F)(F)F)cc1. The Labute approximate surface area is 130 Å². The molecular weight excluding hydrogens is 309 g/mol. The number of hydrogen-bond donors (Lipinski definition) is 1. The van der Waals surface area contributed by atoms with Crippen molar-refractivity contribution in [3.8, 4) is 0 Å². The Hall–Kier alpha value is -2.83. The van der Waals surface area contributed by atoms with Crippen molar-refractivity contribution in [2.45, 2.75) is 6.18 Å². The van der Waals surface area contributed by atoms with Gasteiger partial charge in [0.25, 0.3) is 0 Å². The fourth-order valence-corrected chi connectivity index (χ4v) is 1.83. The number of alkyl halides is 3. The van der Waals surface area contributed by atoms with E-state index in [0.29, 0.717) is 11.1 Å². The molecule has 0 fully saturated rings. The summed E-state index contributed by atoms with van der Waals surface area (Å²) in [4.78, 5) is 11.3. The summed E-state index contributed by atoms with van der Waals surface area (Å²) < 4.78 is 43.0. The maximum atomic E-state index is 12.8. The van der Waals surface area contributed by atoms with Gasteiger partial charge >= 0.3 is 12.1 Å². The van der Waals surface area contributed by atoms with Gasteiger partial charge in [-0.2, -0.15) is 18.3 Å². The molecular formula is C16H13F3N2O2. The fourth-order valence-electron chi connectivity index (χ4n) is 1.83. The van der Waals surface area contributed by atoms with Crippen LogP contribution in [-0.2, 0) is 10.9 Å². The first-order valence-corrected chi connectivity index (χ1v) is 6.55. The molecule has 0 bridgehead atoms. The molecule has 4 nitrogen and oxygen atoms in total. The molecule has 0 radical (unpaired) electrons. The molecule has 0 spiro atoms. The van der Waals surface area contributed by atoms with E-state index in [9.17, 15) is 18.0 Å². The Balaban J connectivity index is 2.09. The lowest BCUT2D eigenvalue weighted by atomic mass is 10.1. The van der Waals surface area contributed by atoms with Gasteiger partial charge in [-0.1, -0.05) is 24.3 Å². The number of anilines is 1. The summed E-state index contributed by atoms with van der Waals surface area (Å²) in [5.41, 5.74) is 2.44. The molecule has 0 amide bonds. The van der Waals surface area contributed by atoms with Crippen LogP contribution in [0.5, 0.6) is 0 Å². The molecule has 7 heteroatoms. The molecule has 0 aliphatic heterocycles. The molecule has 2 aromatic carbocycles. The maximum Gasteiger partial charge on any atom is 0.418 e. The molecule has 2 aromatic rings. The van der Waals surface area contributed by atoms with Crippen molar-refractivity contribution < 1.29 is 22.7 Å². The van der Waals surface area contributed by atoms with Crippen LogP contribution in [0.2, 0.25) is 0 Å². The summed E-state index contributed by atoms with van der Waals surface area (Å²) in [5, 5.41) is 3.79. The number of carbonyl (C=O) groups excluding carboxylic acids is 1. The van der Waals surface area contributed by atoms with Crippen LogP contribution in [-0.4, -0.2) is 19.3 Å². The number of hydrogen-bond acceptors (Lipinski definition) is 4. The van der Waals surface area contributed by atoms with Crippen LogP contribution in [0.15, 0.2) is 53.6 Å². The molecule has 23 heavy (non-hydrogen) atoms. The summed E-state index contributed by atoms with van der Waals surface area (Å²) in [6.45, 7) is 0. The van der Waals surface area contributed by atoms with Gasteiger partial charge < -0.3 is 4.74 Å². The average Bonchev–Trinajstić information content (AvgIpc) is 2.54. The van der Waals surface area contributed by atoms with E-state index in [2.05, 4.69) is 15.3 Å². The quantitative estimate of drug-likeness (QED) is 0.527. The number of nitrogens with one attached hydrogen (secondary N) is 1. The number of esters is 1. The number of methoxy groups -OCH3 is 1. The summed E-state index contributed by atoms with van der Waals surface area (Å²) in [6, 6.07) is 11.3. The second-order valence-electron chi connectivity index (χ2n) is 4.53. The van der Waals surface area contributed by atoms with Crippen molar-refractivity contribution in [2.75, 3.05) is 12.5 Å². The Bertz CT molecular complexity index is 710. The second-order valence-corrected chi connectivity index (χ2v) is 4.53. The van der Waals surface area contributed by atoms with Gasteiger partial charge in [0, 0.05) is 0 Å². The smallest absolute Gasteiger partial charge is 0.418 e. The van der Waals surface area contributed by atoms with Crippen molar-refractivity contribution in [2.24, 2.45) is 5.10 Å². The topological polar surface area (TPSA) is 50.7 Å². The standard InChI is InChI=1S/C16H13F3N2O2/c1-23-15(22)12-8-6-11(7-9-12)10-20-21-14-5-3-2-4-13(14)16(17,18)19/h2-10,21H,1H3. The molecule has 0 aromatic heterocycles. The highest BCUT2D eigenvalue weighted by atomic mass is 19.4. The van der Waals surface area contributed by atoms with Gasteiger partial charge in [-0.15, -0.1) is 0 Å². The molecule has 120 valence electrons. The first-order valence-electron chi connectivity index (χ1n) is 6.55. The molecule has 0 heterocycles. The zero-order chi connectivity index (χ0) is 16.9. The molecule has 0 aliphatic carbocycles. The van der Waals surface area contributed by atoms with E-state index < -0.39 is 17.7 Å². The first kappa shape index (κ1) is 16.5. The number of ether oxygens (including phenoxy) is 1. The Morgan fingerprint density at radius 1 is 1.13 bits per heavy atom. The highest BCUT2D eigenvalue weighted by Gasteiger charge is 2.33. The van der Waals surface area contributed by atoms with Gasteiger partial charge in [0.05, 0.1) is 30.1 Å².